The van der Waals surface area contributed by atoms with E-state index >= 15 is 0 Å². The van der Waals surface area contributed by atoms with Gasteiger partial charge < -0.3 is 10.2 Å². The first-order chi connectivity index (χ1) is 12.0. The van der Waals surface area contributed by atoms with Gasteiger partial charge in [-0.15, -0.1) is 0 Å². The number of ketones is 1. The van der Waals surface area contributed by atoms with Crippen molar-refractivity contribution in [2.45, 2.75) is 39.7 Å². The molecule has 0 bridgehead atoms. The molecule has 4 nitrogen and oxygen atoms in total. The molecule has 0 radical (unpaired) electrons. The van der Waals surface area contributed by atoms with Crippen molar-refractivity contribution in [3.05, 3.63) is 60.2 Å². The molecular formula is C21H26N2O2. The Kier molecular flexibility index (Phi) is 6.75. The standard InChI is InChI=1S/C21H26N2O2/c1-4-23(16(2)3)19-12-10-18(11-13-19)22-21(25)15-14-20(24)17-8-6-5-7-9-17/h5-13,16H,4,14-15H2,1-3H3,(H,22,25). The van der Waals surface area contributed by atoms with E-state index in [-0.39, 0.29) is 24.5 Å². The van der Waals surface area contributed by atoms with Gasteiger partial charge in [-0.3, -0.25) is 9.59 Å². The Bertz CT molecular complexity index is 694. The molecule has 0 aliphatic rings. The van der Waals surface area contributed by atoms with E-state index in [1.165, 1.54) is 0 Å². The van der Waals surface area contributed by atoms with Crippen LogP contribution in [-0.4, -0.2) is 24.3 Å². The molecule has 132 valence electrons. The van der Waals surface area contributed by atoms with Crippen molar-refractivity contribution in [2.24, 2.45) is 0 Å². The number of anilines is 2. The minimum Gasteiger partial charge on any atom is -0.369 e. The molecule has 0 saturated heterocycles. The maximum absolute atomic E-state index is 12.1. The van der Waals surface area contributed by atoms with Crippen molar-refractivity contribution >= 4 is 23.1 Å². The van der Waals surface area contributed by atoms with Crippen LogP contribution in [0.25, 0.3) is 0 Å². The van der Waals surface area contributed by atoms with E-state index in [0.717, 1.165) is 17.9 Å². The molecule has 0 aromatic heterocycles. The Morgan fingerprint density at radius 2 is 1.60 bits per heavy atom. The number of hydrogen-bond donors (Lipinski definition) is 1. The van der Waals surface area contributed by atoms with Gasteiger partial charge in [-0.2, -0.15) is 0 Å². The zero-order valence-corrected chi connectivity index (χ0v) is 15.2. The van der Waals surface area contributed by atoms with Gasteiger partial charge >= 0.3 is 0 Å². The van der Waals surface area contributed by atoms with Crippen LogP contribution in [0, 0.1) is 0 Å². The first-order valence-corrected chi connectivity index (χ1v) is 8.76. The molecule has 0 spiro atoms. The molecular weight excluding hydrogens is 312 g/mol. The van der Waals surface area contributed by atoms with Crippen LogP contribution in [0.3, 0.4) is 0 Å². The van der Waals surface area contributed by atoms with Gasteiger partial charge in [0.05, 0.1) is 0 Å². The number of carbonyl (C=O) groups is 2. The molecule has 2 aromatic carbocycles. The topological polar surface area (TPSA) is 49.4 Å². The van der Waals surface area contributed by atoms with Crippen molar-refractivity contribution < 1.29 is 9.59 Å². The molecule has 2 aromatic rings. The third kappa shape index (κ3) is 5.45. The fraction of sp³-hybridized carbons (Fsp3) is 0.333. The van der Waals surface area contributed by atoms with E-state index in [1.54, 1.807) is 12.1 Å². The van der Waals surface area contributed by atoms with E-state index in [4.69, 9.17) is 0 Å². The average molecular weight is 338 g/mol. The summed E-state index contributed by atoms with van der Waals surface area (Å²) in [6, 6.07) is 17.3. The maximum Gasteiger partial charge on any atom is 0.224 e. The van der Waals surface area contributed by atoms with Gasteiger partial charge in [0.1, 0.15) is 0 Å². The zero-order valence-electron chi connectivity index (χ0n) is 15.2. The summed E-state index contributed by atoms with van der Waals surface area (Å²) in [5, 5.41) is 2.85. The first kappa shape index (κ1) is 18.7. The van der Waals surface area contributed by atoms with Gasteiger partial charge in [-0.25, -0.2) is 0 Å². The Hall–Kier alpha value is -2.62. The third-order valence-electron chi connectivity index (χ3n) is 4.12. The minimum atomic E-state index is -0.145. The number of rotatable bonds is 8. The lowest BCUT2D eigenvalue weighted by molar-refractivity contribution is -0.116. The van der Waals surface area contributed by atoms with E-state index in [1.807, 2.05) is 42.5 Å². The summed E-state index contributed by atoms with van der Waals surface area (Å²) in [7, 11) is 0. The molecule has 4 heteroatoms. The van der Waals surface area contributed by atoms with Crippen LogP contribution in [0.15, 0.2) is 54.6 Å². The fourth-order valence-corrected chi connectivity index (χ4v) is 2.80. The van der Waals surface area contributed by atoms with Gasteiger partial charge in [0.2, 0.25) is 5.91 Å². The lowest BCUT2D eigenvalue weighted by Gasteiger charge is -2.27. The summed E-state index contributed by atoms with van der Waals surface area (Å²) in [5.74, 6) is -0.158. The minimum absolute atomic E-state index is 0.0124. The van der Waals surface area contributed by atoms with Crippen molar-refractivity contribution in [1.82, 2.24) is 0 Å². The van der Waals surface area contributed by atoms with Gasteiger partial charge in [0.15, 0.2) is 5.78 Å². The highest BCUT2D eigenvalue weighted by Crippen LogP contribution is 2.20. The largest absolute Gasteiger partial charge is 0.369 e. The number of benzene rings is 2. The summed E-state index contributed by atoms with van der Waals surface area (Å²) < 4.78 is 0. The van der Waals surface area contributed by atoms with Crippen LogP contribution in [-0.2, 0) is 4.79 Å². The molecule has 0 fully saturated rings. The van der Waals surface area contributed by atoms with E-state index in [0.29, 0.717) is 11.6 Å². The van der Waals surface area contributed by atoms with Crippen LogP contribution < -0.4 is 10.2 Å². The molecule has 0 atom stereocenters. The van der Waals surface area contributed by atoms with E-state index in [9.17, 15) is 9.59 Å². The third-order valence-corrected chi connectivity index (χ3v) is 4.12. The smallest absolute Gasteiger partial charge is 0.224 e. The van der Waals surface area contributed by atoms with Crippen LogP contribution in [0.1, 0.15) is 44.0 Å². The SMILES string of the molecule is CCN(c1ccc(NC(=O)CCC(=O)c2ccccc2)cc1)C(C)C. The summed E-state index contributed by atoms with van der Waals surface area (Å²) in [4.78, 5) is 26.4. The summed E-state index contributed by atoms with van der Waals surface area (Å²) >= 11 is 0. The lowest BCUT2D eigenvalue weighted by Crippen LogP contribution is -2.30. The predicted octanol–water partition coefficient (Wildman–Crippen LogP) is 4.52. The average Bonchev–Trinajstić information content (AvgIpc) is 2.62. The summed E-state index contributed by atoms with van der Waals surface area (Å²) in [6.07, 6.45) is 0.396. The highest BCUT2D eigenvalue weighted by atomic mass is 16.2. The second-order valence-corrected chi connectivity index (χ2v) is 6.26. The highest BCUT2D eigenvalue weighted by Gasteiger charge is 2.11. The molecule has 0 unspecified atom stereocenters. The monoisotopic (exact) mass is 338 g/mol. The molecule has 0 aliphatic heterocycles. The quantitative estimate of drug-likeness (QED) is 0.720. The first-order valence-electron chi connectivity index (χ1n) is 8.76. The van der Waals surface area contributed by atoms with Crippen molar-refractivity contribution in [3.8, 4) is 0 Å². The highest BCUT2D eigenvalue weighted by molar-refractivity contribution is 6.00. The number of Topliss-reactive ketones (excluding diaryl/α,β-unsaturated/α-hetero) is 1. The number of nitrogens with one attached hydrogen (secondary N) is 1. The molecule has 0 aliphatic carbocycles. The number of nitrogens with zero attached hydrogens (tertiary/aromatic N) is 1. The second-order valence-electron chi connectivity index (χ2n) is 6.26. The molecule has 2 rings (SSSR count). The van der Waals surface area contributed by atoms with Crippen LogP contribution in [0.5, 0.6) is 0 Å². The normalized spacial score (nSPS) is 10.6. The fourth-order valence-electron chi connectivity index (χ4n) is 2.80. The van der Waals surface area contributed by atoms with Gasteiger partial charge in [0.25, 0.3) is 0 Å². The zero-order chi connectivity index (χ0) is 18.2. The van der Waals surface area contributed by atoms with Crippen LogP contribution in [0.2, 0.25) is 0 Å². The molecule has 0 heterocycles. The van der Waals surface area contributed by atoms with Gasteiger partial charge in [-0.05, 0) is 45.0 Å². The Morgan fingerprint density at radius 1 is 0.960 bits per heavy atom. The predicted molar refractivity (Wildman–Crippen MR) is 103 cm³/mol. The second kappa shape index (κ2) is 9.02. The van der Waals surface area contributed by atoms with Gasteiger partial charge in [-0.1, -0.05) is 30.3 Å². The molecule has 1 N–H and O–H groups in total. The Balaban J connectivity index is 1.87. The van der Waals surface area contributed by atoms with E-state index < -0.39 is 0 Å². The van der Waals surface area contributed by atoms with Crippen molar-refractivity contribution in [2.75, 3.05) is 16.8 Å². The summed E-state index contributed by atoms with van der Waals surface area (Å²) in [5.41, 5.74) is 2.53. The van der Waals surface area contributed by atoms with Crippen LogP contribution >= 0.6 is 0 Å². The number of carbonyl (C=O) groups excluding carboxylic acids is 2. The van der Waals surface area contributed by atoms with Gasteiger partial charge in [0, 0.05) is 42.4 Å². The van der Waals surface area contributed by atoms with Crippen molar-refractivity contribution in [1.29, 1.82) is 0 Å². The van der Waals surface area contributed by atoms with Crippen LogP contribution in [0.4, 0.5) is 11.4 Å². The van der Waals surface area contributed by atoms with E-state index in [2.05, 4.69) is 31.0 Å². The Labute approximate surface area is 149 Å². The molecule has 0 saturated carbocycles. The molecule has 25 heavy (non-hydrogen) atoms. The number of hydrogen-bond acceptors (Lipinski definition) is 3. The summed E-state index contributed by atoms with van der Waals surface area (Å²) in [6.45, 7) is 7.37. The van der Waals surface area contributed by atoms with Crippen molar-refractivity contribution in [3.63, 3.8) is 0 Å². The Morgan fingerprint density at radius 3 is 2.16 bits per heavy atom. The maximum atomic E-state index is 12.1. The number of amides is 1. The molecule has 1 amide bonds. The lowest BCUT2D eigenvalue weighted by atomic mass is 10.1.